The lowest BCUT2D eigenvalue weighted by Crippen LogP contribution is -2.34. The molecular formula is C18H20N2O4S. The van der Waals surface area contributed by atoms with Gasteiger partial charge in [0.25, 0.3) is 10.0 Å². The molecule has 3 rings (SSSR count). The first-order chi connectivity index (χ1) is 11.9. The van der Waals surface area contributed by atoms with E-state index < -0.39 is 10.0 Å². The van der Waals surface area contributed by atoms with Crippen LogP contribution in [0, 0.1) is 0 Å². The van der Waals surface area contributed by atoms with E-state index in [2.05, 4.69) is 4.72 Å². The third-order valence-corrected chi connectivity index (χ3v) is 5.66. The first kappa shape index (κ1) is 17.3. The van der Waals surface area contributed by atoms with Crippen molar-refractivity contribution in [1.82, 2.24) is 4.90 Å². The molecule has 0 atom stereocenters. The molecule has 0 radical (unpaired) electrons. The van der Waals surface area contributed by atoms with E-state index >= 15 is 0 Å². The Kier molecular flexibility index (Phi) is 4.67. The highest BCUT2D eigenvalue weighted by molar-refractivity contribution is 7.92. The maximum absolute atomic E-state index is 12.7. The van der Waals surface area contributed by atoms with Crippen molar-refractivity contribution < 1.29 is 17.9 Å². The Labute approximate surface area is 147 Å². The van der Waals surface area contributed by atoms with Crippen LogP contribution in [0.4, 0.5) is 5.69 Å². The van der Waals surface area contributed by atoms with Gasteiger partial charge < -0.3 is 9.64 Å². The van der Waals surface area contributed by atoms with Gasteiger partial charge in [-0.3, -0.25) is 9.52 Å². The summed E-state index contributed by atoms with van der Waals surface area (Å²) in [6.45, 7) is 2.62. The highest BCUT2D eigenvalue weighted by atomic mass is 32.2. The lowest BCUT2D eigenvalue weighted by atomic mass is 10.00. The molecule has 0 saturated carbocycles. The lowest BCUT2D eigenvalue weighted by Gasteiger charge is -2.28. The Morgan fingerprint density at radius 3 is 2.64 bits per heavy atom. The fourth-order valence-electron chi connectivity index (χ4n) is 2.90. The number of hydrogen-bond acceptors (Lipinski definition) is 4. The third kappa shape index (κ3) is 3.61. The Hall–Kier alpha value is -2.54. The molecule has 132 valence electrons. The number of nitrogens with zero attached hydrogens (tertiary/aromatic N) is 1. The highest BCUT2D eigenvalue weighted by Crippen LogP contribution is 2.28. The van der Waals surface area contributed by atoms with Gasteiger partial charge in [0.1, 0.15) is 5.75 Å². The average molecular weight is 360 g/mol. The van der Waals surface area contributed by atoms with Gasteiger partial charge in [-0.25, -0.2) is 8.42 Å². The number of rotatable bonds is 4. The van der Waals surface area contributed by atoms with Crippen LogP contribution >= 0.6 is 0 Å². The molecule has 0 spiro atoms. The molecule has 7 heteroatoms. The number of carbonyl (C=O) groups excluding carboxylic acids is 1. The Morgan fingerprint density at radius 2 is 1.92 bits per heavy atom. The molecule has 2 aromatic rings. The summed E-state index contributed by atoms with van der Waals surface area (Å²) in [5.74, 6) is 0.442. The topological polar surface area (TPSA) is 75.7 Å². The maximum Gasteiger partial charge on any atom is 0.262 e. The van der Waals surface area contributed by atoms with Crippen LogP contribution in [0.15, 0.2) is 47.4 Å². The first-order valence-corrected chi connectivity index (χ1v) is 9.42. The molecule has 1 amide bonds. The molecule has 1 heterocycles. The van der Waals surface area contributed by atoms with Crippen molar-refractivity contribution in [3.8, 4) is 5.75 Å². The highest BCUT2D eigenvalue weighted by Gasteiger charge is 2.22. The molecule has 0 fully saturated rings. The van der Waals surface area contributed by atoms with Gasteiger partial charge in [0.05, 0.1) is 17.7 Å². The third-order valence-electron chi connectivity index (χ3n) is 4.30. The molecular weight excluding hydrogens is 340 g/mol. The number of benzene rings is 2. The van der Waals surface area contributed by atoms with E-state index in [1.54, 1.807) is 41.3 Å². The average Bonchev–Trinajstić information content (AvgIpc) is 2.60. The summed E-state index contributed by atoms with van der Waals surface area (Å²) in [6.07, 6.45) is 0.731. The van der Waals surface area contributed by atoms with Crippen LogP contribution in [-0.2, 0) is 27.8 Å². The van der Waals surface area contributed by atoms with Gasteiger partial charge in [0.15, 0.2) is 0 Å². The van der Waals surface area contributed by atoms with Crippen LogP contribution in [0.3, 0.4) is 0 Å². The zero-order chi connectivity index (χ0) is 18.0. The minimum Gasteiger partial charge on any atom is -0.495 e. The molecule has 0 aliphatic carbocycles. The van der Waals surface area contributed by atoms with E-state index in [1.807, 2.05) is 6.07 Å². The fraction of sp³-hybridized carbons (Fsp3) is 0.278. The van der Waals surface area contributed by atoms with Crippen molar-refractivity contribution in [1.29, 1.82) is 0 Å². The van der Waals surface area contributed by atoms with Crippen LogP contribution in [-0.4, -0.2) is 32.9 Å². The Balaban J connectivity index is 1.91. The molecule has 1 N–H and O–H groups in total. The molecule has 2 aromatic carbocycles. The van der Waals surface area contributed by atoms with Crippen molar-refractivity contribution in [3.05, 3.63) is 53.6 Å². The lowest BCUT2D eigenvalue weighted by molar-refractivity contribution is -0.129. The molecule has 25 heavy (non-hydrogen) atoms. The van der Waals surface area contributed by atoms with E-state index in [-0.39, 0.29) is 10.8 Å². The monoisotopic (exact) mass is 360 g/mol. The second kappa shape index (κ2) is 6.76. The molecule has 1 aliphatic heterocycles. The van der Waals surface area contributed by atoms with E-state index in [9.17, 15) is 13.2 Å². The smallest absolute Gasteiger partial charge is 0.262 e. The normalized spacial score (nSPS) is 13.9. The minimum absolute atomic E-state index is 0.00828. The SMILES string of the molecule is COc1ccccc1NS(=O)(=O)c1ccc2c(c1)CN(C(C)=O)CC2. The number of fused-ring (bicyclic) bond motifs is 1. The molecule has 1 aliphatic rings. The van der Waals surface area contributed by atoms with Crippen LogP contribution in [0.1, 0.15) is 18.1 Å². The largest absolute Gasteiger partial charge is 0.495 e. The number of carbonyl (C=O) groups is 1. The Bertz CT molecular complexity index is 909. The number of amides is 1. The summed E-state index contributed by atoms with van der Waals surface area (Å²) in [5.41, 5.74) is 2.33. The van der Waals surface area contributed by atoms with Gasteiger partial charge in [-0.1, -0.05) is 18.2 Å². The van der Waals surface area contributed by atoms with Crippen LogP contribution < -0.4 is 9.46 Å². The summed E-state index contributed by atoms with van der Waals surface area (Å²) in [7, 11) is -2.26. The molecule has 0 saturated heterocycles. The van der Waals surface area contributed by atoms with Crippen molar-refractivity contribution >= 4 is 21.6 Å². The first-order valence-electron chi connectivity index (χ1n) is 7.94. The second-order valence-corrected chi connectivity index (χ2v) is 7.61. The van der Waals surface area contributed by atoms with Gasteiger partial charge in [-0.15, -0.1) is 0 Å². The predicted molar refractivity (Wildman–Crippen MR) is 95.0 cm³/mol. The molecule has 0 aromatic heterocycles. The Morgan fingerprint density at radius 1 is 1.16 bits per heavy atom. The van der Waals surface area contributed by atoms with Gasteiger partial charge in [0.2, 0.25) is 5.91 Å². The summed E-state index contributed by atoms with van der Waals surface area (Å²) in [4.78, 5) is 13.5. The van der Waals surface area contributed by atoms with E-state index in [0.29, 0.717) is 24.5 Å². The van der Waals surface area contributed by atoms with E-state index in [4.69, 9.17) is 4.74 Å². The summed E-state index contributed by atoms with van der Waals surface area (Å²) in [6, 6.07) is 11.9. The van der Waals surface area contributed by atoms with Crippen molar-refractivity contribution in [2.75, 3.05) is 18.4 Å². The number of hydrogen-bond donors (Lipinski definition) is 1. The summed E-state index contributed by atoms with van der Waals surface area (Å²) in [5, 5.41) is 0. The van der Waals surface area contributed by atoms with E-state index in [0.717, 1.165) is 17.5 Å². The molecule has 6 nitrogen and oxygen atoms in total. The maximum atomic E-state index is 12.7. The van der Waals surface area contributed by atoms with Gasteiger partial charge in [0, 0.05) is 20.0 Å². The van der Waals surface area contributed by atoms with Crippen molar-refractivity contribution in [2.45, 2.75) is 24.8 Å². The number of sulfonamides is 1. The number of ether oxygens (including phenoxy) is 1. The summed E-state index contributed by atoms with van der Waals surface area (Å²) >= 11 is 0. The minimum atomic E-state index is -3.75. The van der Waals surface area contributed by atoms with Gasteiger partial charge in [-0.05, 0) is 41.8 Å². The van der Waals surface area contributed by atoms with Crippen molar-refractivity contribution in [2.24, 2.45) is 0 Å². The molecule has 0 unspecified atom stereocenters. The van der Waals surface area contributed by atoms with Gasteiger partial charge >= 0.3 is 0 Å². The number of methoxy groups -OCH3 is 1. The van der Waals surface area contributed by atoms with Crippen LogP contribution in [0.2, 0.25) is 0 Å². The number of anilines is 1. The number of para-hydroxylation sites is 2. The van der Waals surface area contributed by atoms with Crippen LogP contribution in [0.25, 0.3) is 0 Å². The second-order valence-electron chi connectivity index (χ2n) is 5.93. The summed E-state index contributed by atoms with van der Waals surface area (Å²) < 4.78 is 33.2. The number of nitrogens with one attached hydrogen (secondary N) is 1. The van der Waals surface area contributed by atoms with E-state index in [1.165, 1.54) is 14.0 Å². The van der Waals surface area contributed by atoms with Crippen molar-refractivity contribution in [3.63, 3.8) is 0 Å². The standard InChI is InChI=1S/C18H20N2O4S/c1-13(21)20-10-9-14-7-8-16(11-15(14)12-20)25(22,23)19-17-5-3-4-6-18(17)24-2/h3-8,11,19H,9-10,12H2,1-2H3. The zero-order valence-corrected chi connectivity index (χ0v) is 15.0. The van der Waals surface area contributed by atoms with Gasteiger partial charge in [-0.2, -0.15) is 0 Å². The predicted octanol–water partition coefficient (Wildman–Crippen LogP) is 2.40. The zero-order valence-electron chi connectivity index (χ0n) is 14.2. The fourth-order valence-corrected chi connectivity index (χ4v) is 4.02. The van der Waals surface area contributed by atoms with Crippen LogP contribution in [0.5, 0.6) is 5.75 Å². The quantitative estimate of drug-likeness (QED) is 0.908. The molecule has 0 bridgehead atoms.